The van der Waals surface area contributed by atoms with Crippen LogP contribution in [-0.2, 0) is 0 Å². The molecule has 2 heterocycles. The zero-order chi connectivity index (χ0) is 10.1. The Labute approximate surface area is 82.2 Å². The van der Waals surface area contributed by atoms with E-state index in [1.54, 1.807) is 16.6 Å². The van der Waals surface area contributed by atoms with E-state index in [0.29, 0.717) is 5.69 Å². The van der Waals surface area contributed by atoms with E-state index < -0.39 is 0 Å². The lowest BCUT2D eigenvalue weighted by molar-refractivity contribution is 0.878. The van der Waals surface area contributed by atoms with Crippen LogP contribution in [0.4, 0.5) is 11.6 Å². The number of aromatic nitrogens is 3. The summed E-state index contributed by atoms with van der Waals surface area (Å²) < 4.78 is 1.72. The van der Waals surface area contributed by atoms with E-state index in [1.165, 1.54) is 0 Å². The lowest BCUT2D eigenvalue weighted by Gasteiger charge is -2.09. The summed E-state index contributed by atoms with van der Waals surface area (Å²) in [4.78, 5) is 6.32. The van der Waals surface area contributed by atoms with Crippen LogP contribution in [0.1, 0.15) is 6.92 Å². The van der Waals surface area contributed by atoms with Crippen molar-refractivity contribution < 1.29 is 0 Å². The molecule has 0 atom stereocenters. The highest BCUT2D eigenvalue weighted by atomic mass is 15.4. The summed E-state index contributed by atoms with van der Waals surface area (Å²) in [5.41, 5.74) is 7.13. The van der Waals surface area contributed by atoms with Gasteiger partial charge < -0.3 is 10.6 Å². The molecule has 0 fully saturated rings. The predicted molar refractivity (Wildman–Crippen MR) is 56.3 cm³/mol. The van der Waals surface area contributed by atoms with E-state index in [1.807, 2.05) is 18.1 Å². The number of pyridine rings is 1. The van der Waals surface area contributed by atoms with Crippen molar-refractivity contribution in [2.45, 2.75) is 6.92 Å². The van der Waals surface area contributed by atoms with Gasteiger partial charge in [-0.15, -0.1) is 5.10 Å². The average Bonchev–Trinajstić information content (AvgIpc) is 2.59. The molecule has 0 saturated heterocycles. The average molecular weight is 191 g/mol. The van der Waals surface area contributed by atoms with Crippen LogP contribution in [0.3, 0.4) is 0 Å². The van der Waals surface area contributed by atoms with Gasteiger partial charge in [0.25, 0.3) is 0 Å². The van der Waals surface area contributed by atoms with Crippen molar-refractivity contribution in [2.24, 2.45) is 0 Å². The molecule has 5 nitrogen and oxygen atoms in total. The quantitative estimate of drug-likeness (QED) is 0.761. The van der Waals surface area contributed by atoms with Crippen LogP contribution in [0.2, 0.25) is 0 Å². The van der Waals surface area contributed by atoms with Crippen molar-refractivity contribution in [1.82, 2.24) is 14.6 Å². The van der Waals surface area contributed by atoms with Gasteiger partial charge in [-0.3, -0.25) is 0 Å². The molecule has 0 unspecified atom stereocenters. The molecule has 2 N–H and O–H groups in total. The second-order valence-corrected chi connectivity index (χ2v) is 3.19. The summed E-state index contributed by atoms with van der Waals surface area (Å²) in [5, 5.41) is 4.30. The van der Waals surface area contributed by atoms with Crippen LogP contribution in [0.15, 0.2) is 18.3 Å². The van der Waals surface area contributed by atoms with E-state index in [0.717, 1.165) is 18.1 Å². The number of nitrogen functional groups attached to an aromatic ring is 1. The Balaban J connectivity index is 2.51. The van der Waals surface area contributed by atoms with Crippen LogP contribution in [0, 0.1) is 0 Å². The highest BCUT2D eigenvalue weighted by molar-refractivity contribution is 5.53. The Morgan fingerprint density at radius 2 is 2.36 bits per heavy atom. The van der Waals surface area contributed by atoms with Crippen LogP contribution < -0.4 is 10.6 Å². The number of rotatable bonds is 2. The number of nitrogens with two attached hydrogens (primary N) is 1. The van der Waals surface area contributed by atoms with Crippen LogP contribution in [-0.4, -0.2) is 28.2 Å². The Bertz CT molecular complexity index is 447. The first-order chi connectivity index (χ1) is 6.70. The minimum absolute atomic E-state index is 0.704. The van der Waals surface area contributed by atoms with Crippen LogP contribution in [0.25, 0.3) is 5.65 Å². The number of anilines is 2. The standard InChI is InChI=1S/C9H13N5/c1-3-13(2)9-11-8-6-7(10)4-5-14(8)12-9/h4-6H,3,10H2,1-2H3. The van der Waals surface area contributed by atoms with Gasteiger partial charge in [0.2, 0.25) is 5.95 Å². The van der Waals surface area contributed by atoms with Crippen molar-refractivity contribution >= 4 is 17.3 Å². The topological polar surface area (TPSA) is 59.5 Å². The van der Waals surface area contributed by atoms with Gasteiger partial charge in [0.05, 0.1) is 0 Å². The van der Waals surface area contributed by atoms with Gasteiger partial charge in [-0.2, -0.15) is 4.98 Å². The maximum Gasteiger partial charge on any atom is 0.245 e. The summed E-state index contributed by atoms with van der Waals surface area (Å²) in [6.45, 7) is 2.94. The first kappa shape index (κ1) is 8.80. The van der Waals surface area contributed by atoms with Gasteiger partial charge >= 0.3 is 0 Å². The predicted octanol–water partition coefficient (Wildman–Crippen LogP) is 0.768. The third kappa shape index (κ3) is 1.37. The first-order valence-electron chi connectivity index (χ1n) is 4.53. The lowest BCUT2D eigenvalue weighted by atomic mass is 10.4. The molecule has 2 aromatic heterocycles. The third-order valence-corrected chi connectivity index (χ3v) is 2.17. The minimum Gasteiger partial charge on any atom is -0.399 e. The Hall–Kier alpha value is -1.78. The van der Waals surface area contributed by atoms with E-state index in [2.05, 4.69) is 17.0 Å². The molecular formula is C9H13N5. The highest BCUT2D eigenvalue weighted by Crippen LogP contribution is 2.11. The molecule has 2 rings (SSSR count). The smallest absolute Gasteiger partial charge is 0.245 e. The molecule has 0 radical (unpaired) electrons. The summed E-state index contributed by atoms with van der Waals surface area (Å²) >= 11 is 0. The normalized spacial score (nSPS) is 10.7. The lowest BCUT2D eigenvalue weighted by Crippen LogP contribution is -2.17. The van der Waals surface area contributed by atoms with E-state index >= 15 is 0 Å². The summed E-state index contributed by atoms with van der Waals surface area (Å²) in [7, 11) is 1.96. The molecule has 14 heavy (non-hydrogen) atoms. The largest absolute Gasteiger partial charge is 0.399 e. The summed E-state index contributed by atoms with van der Waals surface area (Å²) in [5.74, 6) is 0.720. The van der Waals surface area contributed by atoms with Gasteiger partial charge in [0.1, 0.15) is 0 Å². The zero-order valence-electron chi connectivity index (χ0n) is 8.31. The Kier molecular flexibility index (Phi) is 1.99. The highest BCUT2D eigenvalue weighted by Gasteiger charge is 2.06. The van der Waals surface area contributed by atoms with Gasteiger partial charge in [-0.1, -0.05) is 0 Å². The molecule has 0 saturated carbocycles. The number of fused-ring (bicyclic) bond motifs is 1. The number of nitrogens with zero attached hydrogens (tertiary/aromatic N) is 4. The fourth-order valence-electron chi connectivity index (χ4n) is 1.19. The molecule has 5 heteroatoms. The van der Waals surface area contributed by atoms with E-state index in [9.17, 15) is 0 Å². The minimum atomic E-state index is 0.704. The van der Waals surface area contributed by atoms with Crippen molar-refractivity contribution in [3.63, 3.8) is 0 Å². The fourth-order valence-corrected chi connectivity index (χ4v) is 1.19. The first-order valence-corrected chi connectivity index (χ1v) is 4.53. The van der Waals surface area contributed by atoms with Crippen molar-refractivity contribution in [2.75, 3.05) is 24.2 Å². The molecule has 0 aliphatic carbocycles. The fraction of sp³-hybridized carbons (Fsp3) is 0.333. The molecule has 0 aromatic carbocycles. The maximum absolute atomic E-state index is 5.65. The van der Waals surface area contributed by atoms with Crippen molar-refractivity contribution in [3.8, 4) is 0 Å². The maximum atomic E-state index is 5.65. The summed E-state index contributed by atoms with van der Waals surface area (Å²) in [6.07, 6.45) is 1.81. The Morgan fingerprint density at radius 1 is 1.57 bits per heavy atom. The number of hydrogen-bond acceptors (Lipinski definition) is 4. The third-order valence-electron chi connectivity index (χ3n) is 2.17. The molecule has 74 valence electrons. The van der Waals surface area contributed by atoms with E-state index in [4.69, 9.17) is 5.73 Å². The second-order valence-electron chi connectivity index (χ2n) is 3.19. The van der Waals surface area contributed by atoms with Gasteiger partial charge in [-0.25, -0.2) is 4.52 Å². The zero-order valence-corrected chi connectivity index (χ0v) is 8.31. The molecule has 0 aliphatic heterocycles. The molecule has 0 amide bonds. The van der Waals surface area contributed by atoms with Crippen LogP contribution >= 0.6 is 0 Å². The Morgan fingerprint density at radius 3 is 3.07 bits per heavy atom. The van der Waals surface area contributed by atoms with Gasteiger partial charge in [-0.05, 0) is 13.0 Å². The molecule has 2 aromatic rings. The SMILES string of the molecule is CCN(C)c1nc2cc(N)ccn2n1. The molecule has 0 spiro atoms. The van der Waals surface area contributed by atoms with Crippen molar-refractivity contribution in [3.05, 3.63) is 18.3 Å². The monoisotopic (exact) mass is 191 g/mol. The molecular weight excluding hydrogens is 178 g/mol. The molecule has 0 bridgehead atoms. The van der Waals surface area contributed by atoms with Crippen molar-refractivity contribution in [1.29, 1.82) is 0 Å². The molecule has 0 aliphatic rings. The number of hydrogen-bond donors (Lipinski definition) is 1. The van der Waals surface area contributed by atoms with Gasteiger partial charge in [0.15, 0.2) is 5.65 Å². The second kappa shape index (κ2) is 3.17. The summed E-state index contributed by atoms with van der Waals surface area (Å²) in [6, 6.07) is 3.61. The van der Waals surface area contributed by atoms with Gasteiger partial charge in [0, 0.05) is 31.5 Å². The van der Waals surface area contributed by atoms with E-state index in [-0.39, 0.29) is 0 Å². The van der Waals surface area contributed by atoms with Crippen LogP contribution in [0.5, 0.6) is 0 Å².